The molecule has 0 unspecified atom stereocenters. The normalized spacial score (nSPS) is 10.8. The Labute approximate surface area is 103 Å². The smallest absolute Gasteiger partial charge is 0.123 e. The molecule has 0 aromatic heterocycles. The van der Waals surface area contributed by atoms with E-state index in [1.807, 2.05) is 19.1 Å². The summed E-state index contributed by atoms with van der Waals surface area (Å²) < 4.78 is 5.80. The van der Waals surface area contributed by atoms with Gasteiger partial charge in [-0.05, 0) is 42.4 Å². The van der Waals surface area contributed by atoms with Gasteiger partial charge in [0.15, 0.2) is 0 Å². The fraction of sp³-hybridized carbons (Fsp3) is 0.538. The monoisotopic (exact) mass is 239 g/mol. The molecule has 0 spiro atoms. The van der Waals surface area contributed by atoms with Crippen molar-refractivity contribution in [3.8, 4) is 5.75 Å². The first-order chi connectivity index (χ1) is 7.56. The Bertz CT molecular complexity index is 350. The number of rotatable bonds is 5. The van der Waals surface area contributed by atoms with Crippen molar-refractivity contribution in [3.63, 3.8) is 0 Å². The highest BCUT2D eigenvalue weighted by Crippen LogP contribution is 2.30. The van der Waals surface area contributed by atoms with Crippen LogP contribution >= 0.6 is 11.8 Å². The van der Waals surface area contributed by atoms with Gasteiger partial charge < -0.3 is 10.5 Å². The quantitative estimate of drug-likeness (QED) is 0.631. The molecule has 1 rings (SSSR count). The minimum Gasteiger partial charge on any atom is -0.492 e. The molecule has 16 heavy (non-hydrogen) atoms. The molecule has 1 aromatic rings. The number of aryl methyl sites for hydroxylation is 1. The molecular formula is C13H21NOS. The Balaban J connectivity index is 2.91. The van der Waals surface area contributed by atoms with Crippen LogP contribution in [0.25, 0.3) is 0 Å². The maximum absolute atomic E-state index is 5.92. The zero-order valence-corrected chi connectivity index (χ0v) is 11.4. The number of benzene rings is 1. The Kier molecular flexibility index (Phi) is 5.00. The molecule has 0 fully saturated rings. The van der Waals surface area contributed by atoms with E-state index < -0.39 is 0 Å². The molecule has 0 bridgehead atoms. The summed E-state index contributed by atoms with van der Waals surface area (Å²) in [4.78, 5) is 0. The predicted molar refractivity (Wildman–Crippen MR) is 73.6 cm³/mol. The van der Waals surface area contributed by atoms with Gasteiger partial charge in [0.25, 0.3) is 0 Å². The van der Waals surface area contributed by atoms with E-state index in [0.717, 1.165) is 29.4 Å². The van der Waals surface area contributed by atoms with Crippen LogP contribution in [-0.2, 0) is 0 Å². The van der Waals surface area contributed by atoms with Crippen LogP contribution in [-0.4, -0.2) is 18.6 Å². The summed E-state index contributed by atoms with van der Waals surface area (Å²) in [5.74, 6) is 2.43. The second kappa shape index (κ2) is 6.04. The van der Waals surface area contributed by atoms with E-state index in [0.29, 0.717) is 5.92 Å². The molecule has 0 saturated heterocycles. The van der Waals surface area contributed by atoms with Crippen LogP contribution in [0.2, 0.25) is 0 Å². The number of hydrogen-bond donors (Lipinski definition) is 1. The molecule has 0 saturated carbocycles. The van der Waals surface area contributed by atoms with Gasteiger partial charge in [-0.25, -0.2) is 0 Å². The summed E-state index contributed by atoms with van der Waals surface area (Å²) in [6.07, 6.45) is 2.08. The summed E-state index contributed by atoms with van der Waals surface area (Å²) in [7, 11) is 0. The van der Waals surface area contributed by atoms with Gasteiger partial charge in [0.05, 0.1) is 6.61 Å². The maximum atomic E-state index is 5.92. The molecule has 90 valence electrons. The summed E-state index contributed by atoms with van der Waals surface area (Å²) in [6.45, 7) is 7.09. The van der Waals surface area contributed by atoms with Gasteiger partial charge in [-0.3, -0.25) is 0 Å². The van der Waals surface area contributed by atoms with Gasteiger partial charge in [0.1, 0.15) is 5.75 Å². The second-order valence-corrected chi connectivity index (χ2v) is 5.23. The molecule has 1 aromatic carbocycles. The highest BCUT2D eigenvalue weighted by molar-refractivity contribution is 7.98. The topological polar surface area (TPSA) is 35.2 Å². The summed E-state index contributed by atoms with van der Waals surface area (Å²) in [5.41, 5.74) is 9.06. The van der Waals surface area contributed by atoms with Gasteiger partial charge in [-0.2, -0.15) is 11.8 Å². The van der Waals surface area contributed by atoms with Crippen molar-refractivity contribution in [1.82, 2.24) is 0 Å². The van der Waals surface area contributed by atoms with Crippen LogP contribution in [0.4, 0.5) is 5.69 Å². The van der Waals surface area contributed by atoms with Gasteiger partial charge in [-0.1, -0.05) is 13.8 Å². The Morgan fingerprint density at radius 3 is 2.62 bits per heavy atom. The van der Waals surface area contributed by atoms with E-state index in [9.17, 15) is 0 Å². The van der Waals surface area contributed by atoms with E-state index >= 15 is 0 Å². The zero-order chi connectivity index (χ0) is 12.1. The highest BCUT2D eigenvalue weighted by Gasteiger charge is 2.10. The molecule has 0 aliphatic rings. The van der Waals surface area contributed by atoms with Crippen LogP contribution in [0.1, 0.15) is 30.9 Å². The van der Waals surface area contributed by atoms with E-state index in [4.69, 9.17) is 10.5 Å². The molecule has 2 N–H and O–H groups in total. The van der Waals surface area contributed by atoms with Gasteiger partial charge in [-0.15, -0.1) is 0 Å². The first-order valence-electron chi connectivity index (χ1n) is 5.58. The zero-order valence-electron chi connectivity index (χ0n) is 10.5. The fourth-order valence-electron chi connectivity index (χ4n) is 1.53. The Morgan fingerprint density at radius 2 is 2.06 bits per heavy atom. The first kappa shape index (κ1) is 13.2. The van der Waals surface area contributed by atoms with E-state index in [1.54, 1.807) is 11.8 Å². The first-order valence-corrected chi connectivity index (χ1v) is 6.97. The summed E-state index contributed by atoms with van der Waals surface area (Å²) in [6, 6.07) is 4.08. The van der Waals surface area contributed by atoms with Crippen molar-refractivity contribution in [2.75, 3.05) is 24.3 Å². The van der Waals surface area contributed by atoms with Crippen LogP contribution in [0.15, 0.2) is 12.1 Å². The van der Waals surface area contributed by atoms with Crippen LogP contribution in [0.3, 0.4) is 0 Å². The highest BCUT2D eigenvalue weighted by atomic mass is 32.2. The fourth-order valence-corrected chi connectivity index (χ4v) is 1.78. The molecule has 3 heteroatoms. The van der Waals surface area contributed by atoms with Crippen molar-refractivity contribution >= 4 is 17.4 Å². The minimum atomic E-state index is 0.437. The molecule has 0 atom stereocenters. The van der Waals surface area contributed by atoms with Crippen molar-refractivity contribution < 1.29 is 4.74 Å². The standard InChI is InChI=1S/C13H21NOS/c1-9(2)11-8-12(14)10(3)7-13(11)15-5-6-16-4/h7-9H,5-6,14H2,1-4H3. The minimum absolute atomic E-state index is 0.437. The Morgan fingerprint density at radius 1 is 1.38 bits per heavy atom. The maximum Gasteiger partial charge on any atom is 0.123 e. The van der Waals surface area contributed by atoms with Crippen molar-refractivity contribution in [2.45, 2.75) is 26.7 Å². The number of ether oxygens (including phenoxy) is 1. The molecule has 0 radical (unpaired) electrons. The van der Waals surface area contributed by atoms with E-state index in [2.05, 4.69) is 20.1 Å². The molecule has 0 aliphatic carbocycles. The number of nitrogens with two attached hydrogens (primary N) is 1. The summed E-state index contributed by atoms with van der Waals surface area (Å²) >= 11 is 1.79. The van der Waals surface area contributed by atoms with E-state index in [1.165, 1.54) is 5.56 Å². The average Bonchev–Trinajstić information content (AvgIpc) is 2.23. The van der Waals surface area contributed by atoms with Crippen LogP contribution < -0.4 is 10.5 Å². The van der Waals surface area contributed by atoms with Crippen molar-refractivity contribution in [2.24, 2.45) is 0 Å². The van der Waals surface area contributed by atoms with Crippen molar-refractivity contribution in [3.05, 3.63) is 23.3 Å². The average molecular weight is 239 g/mol. The number of hydrogen-bond acceptors (Lipinski definition) is 3. The van der Waals surface area contributed by atoms with Crippen LogP contribution in [0, 0.1) is 6.92 Å². The van der Waals surface area contributed by atoms with E-state index in [-0.39, 0.29) is 0 Å². The molecule has 2 nitrogen and oxygen atoms in total. The van der Waals surface area contributed by atoms with Gasteiger partial charge in [0, 0.05) is 11.4 Å². The third-order valence-electron chi connectivity index (χ3n) is 2.57. The number of anilines is 1. The number of nitrogen functional groups attached to an aromatic ring is 1. The number of thioether (sulfide) groups is 1. The predicted octanol–water partition coefficient (Wildman–Crippen LogP) is 3.44. The van der Waals surface area contributed by atoms with Crippen molar-refractivity contribution in [1.29, 1.82) is 0 Å². The molecular weight excluding hydrogens is 218 g/mol. The van der Waals surface area contributed by atoms with Crippen LogP contribution in [0.5, 0.6) is 5.75 Å². The third-order valence-corrected chi connectivity index (χ3v) is 3.14. The third kappa shape index (κ3) is 3.34. The lowest BCUT2D eigenvalue weighted by Gasteiger charge is -2.16. The molecule has 0 aliphatic heterocycles. The second-order valence-electron chi connectivity index (χ2n) is 4.24. The Hall–Kier alpha value is -0.830. The lowest BCUT2D eigenvalue weighted by molar-refractivity contribution is 0.339. The largest absolute Gasteiger partial charge is 0.492 e. The molecule has 0 amide bonds. The van der Waals surface area contributed by atoms with Gasteiger partial charge in [0.2, 0.25) is 0 Å². The van der Waals surface area contributed by atoms with Gasteiger partial charge >= 0.3 is 0 Å². The molecule has 0 heterocycles. The summed E-state index contributed by atoms with van der Waals surface area (Å²) in [5, 5.41) is 0. The SMILES string of the molecule is CSCCOc1cc(C)c(N)cc1C(C)C. The lowest BCUT2D eigenvalue weighted by atomic mass is 9.99. The lowest BCUT2D eigenvalue weighted by Crippen LogP contribution is -2.05.